The van der Waals surface area contributed by atoms with Crippen molar-refractivity contribution in [2.45, 2.75) is 39.5 Å². The van der Waals surface area contributed by atoms with Gasteiger partial charge >= 0.3 is 0 Å². The van der Waals surface area contributed by atoms with Gasteiger partial charge < -0.3 is 10.1 Å². The van der Waals surface area contributed by atoms with Crippen LogP contribution in [0, 0.1) is 0 Å². The summed E-state index contributed by atoms with van der Waals surface area (Å²) in [5.41, 5.74) is 4.73. The summed E-state index contributed by atoms with van der Waals surface area (Å²) in [5.74, 6) is 0.659. The molecule has 33 heavy (non-hydrogen) atoms. The summed E-state index contributed by atoms with van der Waals surface area (Å²) in [5, 5.41) is 7.58. The molecule has 1 amide bonds. The van der Waals surface area contributed by atoms with E-state index in [1.54, 1.807) is 18.6 Å². The summed E-state index contributed by atoms with van der Waals surface area (Å²) >= 11 is 0. The van der Waals surface area contributed by atoms with Crippen LogP contribution in [-0.2, 0) is 19.6 Å². The Kier molecular flexibility index (Phi) is 7.15. The third-order valence-electron chi connectivity index (χ3n) is 5.56. The Balaban J connectivity index is 1.38. The predicted molar refractivity (Wildman–Crippen MR) is 128 cm³/mol. The standard InChI is InChI=1S/C27H28N4O2/c1-3-26-25(17-29-31(26)18-21-8-5-4-6-9-21)27(32)30-20(2)23-11-13-24(14-12-23)33-19-22-10-7-15-28-16-22/h4-17,20H,3,18-19H2,1-2H3,(H,30,32). The van der Waals surface area contributed by atoms with E-state index in [1.165, 1.54) is 0 Å². The normalized spacial score (nSPS) is 11.7. The maximum Gasteiger partial charge on any atom is 0.255 e. The van der Waals surface area contributed by atoms with E-state index < -0.39 is 0 Å². The van der Waals surface area contributed by atoms with Gasteiger partial charge in [0.05, 0.1) is 30.0 Å². The molecule has 6 nitrogen and oxygen atoms in total. The monoisotopic (exact) mass is 440 g/mol. The largest absolute Gasteiger partial charge is 0.489 e. The quantitative estimate of drug-likeness (QED) is 0.399. The fourth-order valence-electron chi connectivity index (χ4n) is 3.73. The van der Waals surface area contributed by atoms with Gasteiger partial charge in [-0.15, -0.1) is 0 Å². The molecule has 0 aliphatic carbocycles. The molecule has 2 aromatic heterocycles. The van der Waals surface area contributed by atoms with Gasteiger partial charge in [0.25, 0.3) is 5.91 Å². The number of carbonyl (C=O) groups excluding carboxylic acids is 1. The molecule has 4 rings (SSSR count). The molecule has 4 aromatic rings. The van der Waals surface area contributed by atoms with Crippen LogP contribution in [0.5, 0.6) is 5.75 Å². The highest BCUT2D eigenvalue weighted by molar-refractivity contribution is 5.95. The number of pyridine rings is 1. The van der Waals surface area contributed by atoms with Crippen LogP contribution in [0.4, 0.5) is 0 Å². The fourth-order valence-corrected chi connectivity index (χ4v) is 3.73. The van der Waals surface area contributed by atoms with Crippen molar-refractivity contribution in [2.75, 3.05) is 0 Å². The highest BCUT2D eigenvalue weighted by Gasteiger charge is 2.18. The minimum Gasteiger partial charge on any atom is -0.489 e. The van der Waals surface area contributed by atoms with E-state index in [1.807, 2.05) is 73.1 Å². The molecule has 2 aromatic carbocycles. The second-order valence-corrected chi connectivity index (χ2v) is 7.92. The van der Waals surface area contributed by atoms with Crippen molar-refractivity contribution < 1.29 is 9.53 Å². The molecule has 0 saturated carbocycles. The van der Waals surface area contributed by atoms with Crippen LogP contribution >= 0.6 is 0 Å². The first-order valence-electron chi connectivity index (χ1n) is 11.1. The van der Waals surface area contributed by atoms with E-state index in [0.717, 1.165) is 34.6 Å². The second-order valence-electron chi connectivity index (χ2n) is 7.92. The highest BCUT2D eigenvalue weighted by Crippen LogP contribution is 2.20. The van der Waals surface area contributed by atoms with E-state index in [0.29, 0.717) is 18.7 Å². The Bertz CT molecular complexity index is 1170. The summed E-state index contributed by atoms with van der Waals surface area (Å²) in [6.45, 7) is 5.13. The minimum atomic E-state index is -0.146. The van der Waals surface area contributed by atoms with Gasteiger partial charge in [-0.3, -0.25) is 14.5 Å². The Morgan fingerprint density at radius 1 is 1.00 bits per heavy atom. The average Bonchev–Trinajstić information content (AvgIpc) is 3.27. The van der Waals surface area contributed by atoms with Crippen molar-refractivity contribution >= 4 is 5.91 Å². The van der Waals surface area contributed by atoms with Crippen LogP contribution in [0.3, 0.4) is 0 Å². The van der Waals surface area contributed by atoms with Gasteiger partial charge in [0.2, 0.25) is 0 Å². The SMILES string of the molecule is CCc1c(C(=O)NC(C)c2ccc(OCc3cccnc3)cc2)cnn1Cc1ccccc1. The summed E-state index contributed by atoms with van der Waals surface area (Å²) in [6.07, 6.45) is 5.93. The third kappa shape index (κ3) is 5.66. The lowest BCUT2D eigenvalue weighted by Gasteiger charge is -2.15. The number of hydrogen-bond donors (Lipinski definition) is 1. The zero-order valence-electron chi connectivity index (χ0n) is 18.9. The Hall–Kier alpha value is -3.93. The molecule has 0 spiro atoms. The van der Waals surface area contributed by atoms with Crippen molar-refractivity contribution in [3.05, 3.63) is 113 Å². The summed E-state index contributed by atoms with van der Waals surface area (Å²) < 4.78 is 7.73. The van der Waals surface area contributed by atoms with Gasteiger partial charge in [0, 0.05) is 18.0 Å². The van der Waals surface area contributed by atoms with Crippen molar-refractivity contribution in [3.8, 4) is 5.75 Å². The topological polar surface area (TPSA) is 69.0 Å². The summed E-state index contributed by atoms with van der Waals surface area (Å²) in [6, 6.07) is 21.6. The number of nitrogens with one attached hydrogen (secondary N) is 1. The molecule has 168 valence electrons. The van der Waals surface area contributed by atoms with Crippen LogP contribution < -0.4 is 10.1 Å². The zero-order chi connectivity index (χ0) is 23.0. The third-order valence-corrected chi connectivity index (χ3v) is 5.56. The van der Waals surface area contributed by atoms with Crippen molar-refractivity contribution in [1.29, 1.82) is 0 Å². The lowest BCUT2D eigenvalue weighted by molar-refractivity contribution is 0.0939. The maximum absolute atomic E-state index is 13.0. The molecule has 0 radical (unpaired) electrons. The van der Waals surface area contributed by atoms with Gasteiger partial charge in [-0.25, -0.2) is 0 Å². The number of benzene rings is 2. The summed E-state index contributed by atoms with van der Waals surface area (Å²) in [7, 11) is 0. The second kappa shape index (κ2) is 10.6. The predicted octanol–water partition coefficient (Wildman–Crippen LogP) is 4.96. The first-order chi connectivity index (χ1) is 16.1. The number of rotatable bonds is 9. The molecule has 0 fully saturated rings. The van der Waals surface area contributed by atoms with E-state index in [9.17, 15) is 4.79 Å². The molecule has 6 heteroatoms. The Morgan fingerprint density at radius 3 is 2.45 bits per heavy atom. The molecule has 0 bridgehead atoms. The molecule has 0 aliphatic heterocycles. The van der Waals surface area contributed by atoms with Crippen LogP contribution in [0.15, 0.2) is 85.3 Å². The van der Waals surface area contributed by atoms with Gasteiger partial charge in [0.1, 0.15) is 12.4 Å². The Morgan fingerprint density at radius 2 is 1.76 bits per heavy atom. The molecular weight excluding hydrogens is 412 g/mol. The van der Waals surface area contributed by atoms with Gasteiger partial charge in [-0.2, -0.15) is 5.10 Å². The number of hydrogen-bond acceptors (Lipinski definition) is 4. The lowest BCUT2D eigenvalue weighted by atomic mass is 10.1. The molecule has 1 unspecified atom stereocenters. The highest BCUT2D eigenvalue weighted by atomic mass is 16.5. The van der Waals surface area contributed by atoms with E-state index >= 15 is 0 Å². The number of carbonyl (C=O) groups is 1. The first-order valence-corrected chi connectivity index (χ1v) is 11.1. The van der Waals surface area contributed by atoms with Gasteiger partial charge in [-0.1, -0.05) is 55.5 Å². The van der Waals surface area contributed by atoms with Crippen molar-refractivity contribution in [3.63, 3.8) is 0 Å². The molecule has 1 atom stereocenters. The average molecular weight is 441 g/mol. The number of amides is 1. The van der Waals surface area contributed by atoms with E-state index in [2.05, 4.69) is 27.5 Å². The maximum atomic E-state index is 13.0. The lowest BCUT2D eigenvalue weighted by Crippen LogP contribution is -2.27. The first kappa shape index (κ1) is 22.3. The van der Waals surface area contributed by atoms with Gasteiger partial charge in [-0.05, 0) is 42.7 Å². The molecule has 0 aliphatic rings. The minimum absolute atomic E-state index is 0.115. The molecule has 1 N–H and O–H groups in total. The van der Waals surface area contributed by atoms with Crippen LogP contribution in [-0.4, -0.2) is 20.7 Å². The zero-order valence-corrected chi connectivity index (χ0v) is 18.9. The van der Waals surface area contributed by atoms with Crippen LogP contribution in [0.25, 0.3) is 0 Å². The van der Waals surface area contributed by atoms with E-state index in [4.69, 9.17) is 4.74 Å². The summed E-state index contributed by atoms with van der Waals surface area (Å²) in [4.78, 5) is 17.1. The number of aromatic nitrogens is 3. The molecule has 2 heterocycles. The van der Waals surface area contributed by atoms with Crippen molar-refractivity contribution in [2.24, 2.45) is 0 Å². The van der Waals surface area contributed by atoms with Crippen LogP contribution in [0.1, 0.15) is 52.6 Å². The van der Waals surface area contributed by atoms with Crippen LogP contribution in [0.2, 0.25) is 0 Å². The number of ether oxygens (including phenoxy) is 1. The van der Waals surface area contributed by atoms with Crippen molar-refractivity contribution in [1.82, 2.24) is 20.1 Å². The smallest absolute Gasteiger partial charge is 0.255 e. The number of nitrogens with zero attached hydrogens (tertiary/aromatic N) is 3. The van der Waals surface area contributed by atoms with E-state index in [-0.39, 0.29) is 11.9 Å². The molecule has 0 saturated heterocycles. The molecular formula is C27H28N4O2. The fraction of sp³-hybridized carbons (Fsp3) is 0.222. The van der Waals surface area contributed by atoms with Gasteiger partial charge in [0.15, 0.2) is 0 Å². The Labute approximate surface area is 194 Å².